The zero-order chi connectivity index (χ0) is 13.0. The summed E-state index contributed by atoms with van der Waals surface area (Å²) in [4.78, 5) is 2.50. The number of nitrogens with one attached hydrogen (secondary N) is 2. The maximum Gasteiger partial charge on any atom is 0.0193 e. The molecule has 2 aliphatic heterocycles. The van der Waals surface area contributed by atoms with Crippen LogP contribution in [-0.2, 0) is 0 Å². The second-order valence-corrected chi connectivity index (χ2v) is 7.01. The Labute approximate surface area is 113 Å². The molecule has 18 heavy (non-hydrogen) atoms. The summed E-state index contributed by atoms with van der Waals surface area (Å²) in [5.74, 6) is 0.847. The van der Waals surface area contributed by atoms with Crippen molar-refractivity contribution in [2.45, 2.75) is 45.6 Å². The van der Waals surface area contributed by atoms with Gasteiger partial charge in [-0.05, 0) is 57.2 Å². The normalized spacial score (nSPS) is 31.5. The third-order valence-electron chi connectivity index (χ3n) is 4.87. The first kappa shape index (κ1) is 14.3. The highest BCUT2D eigenvalue weighted by Crippen LogP contribution is 2.33. The summed E-state index contributed by atoms with van der Waals surface area (Å²) in [5.41, 5.74) is 0.423. The molecule has 0 aromatic carbocycles. The number of hydrogen-bond acceptors (Lipinski definition) is 3. The number of rotatable bonds is 4. The van der Waals surface area contributed by atoms with Crippen molar-refractivity contribution in [3.63, 3.8) is 0 Å². The molecule has 0 spiro atoms. The number of nitrogens with zero attached hydrogens (tertiary/aromatic N) is 1. The maximum atomic E-state index is 3.79. The van der Waals surface area contributed by atoms with Crippen LogP contribution in [0.3, 0.4) is 0 Å². The average Bonchev–Trinajstić information content (AvgIpc) is 2.38. The van der Waals surface area contributed by atoms with Gasteiger partial charge in [-0.2, -0.15) is 0 Å². The molecule has 2 unspecified atom stereocenters. The summed E-state index contributed by atoms with van der Waals surface area (Å²) in [5, 5.41) is 7.28. The molecule has 2 fully saturated rings. The Morgan fingerprint density at radius 1 is 1.28 bits per heavy atom. The molecular weight excluding hydrogens is 222 g/mol. The van der Waals surface area contributed by atoms with Crippen LogP contribution in [0.2, 0.25) is 0 Å². The molecule has 106 valence electrons. The van der Waals surface area contributed by atoms with Crippen molar-refractivity contribution < 1.29 is 0 Å². The molecule has 0 aromatic rings. The molecule has 3 heteroatoms. The van der Waals surface area contributed by atoms with Gasteiger partial charge in [-0.3, -0.25) is 0 Å². The highest BCUT2D eigenvalue weighted by atomic mass is 15.1. The Morgan fingerprint density at radius 3 is 2.78 bits per heavy atom. The molecule has 0 saturated carbocycles. The van der Waals surface area contributed by atoms with Crippen molar-refractivity contribution >= 4 is 0 Å². The Kier molecular flexibility index (Phi) is 5.05. The summed E-state index contributed by atoms with van der Waals surface area (Å²) in [6.45, 7) is 11.0. The van der Waals surface area contributed by atoms with E-state index in [1.807, 2.05) is 0 Å². The summed E-state index contributed by atoms with van der Waals surface area (Å²) in [6.07, 6.45) is 5.44. The summed E-state index contributed by atoms with van der Waals surface area (Å²) >= 11 is 0. The van der Waals surface area contributed by atoms with Crippen molar-refractivity contribution in [3.05, 3.63) is 0 Å². The second kappa shape index (κ2) is 6.36. The lowest BCUT2D eigenvalue weighted by atomic mass is 9.74. The summed E-state index contributed by atoms with van der Waals surface area (Å²) in [6, 6.07) is 0.694. The Balaban J connectivity index is 1.78. The van der Waals surface area contributed by atoms with Gasteiger partial charge in [0.1, 0.15) is 0 Å². The van der Waals surface area contributed by atoms with Gasteiger partial charge in [-0.15, -0.1) is 0 Å². The van der Waals surface area contributed by atoms with E-state index in [0.717, 1.165) is 19.0 Å². The van der Waals surface area contributed by atoms with E-state index in [1.165, 1.54) is 45.3 Å². The zero-order valence-electron chi connectivity index (χ0n) is 12.5. The molecule has 0 aliphatic carbocycles. The maximum absolute atomic E-state index is 3.79. The second-order valence-electron chi connectivity index (χ2n) is 7.01. The highest BCUT2D eigenvalue weighted by Gasteiger charge is 2.32. The molecule has 0 radical (unpaired) electrons. The fourth-order valence-electron chi connectivity index (χ4n) is 3.38. The minimum atomic E-state index is 0.423. The van der Waals surface area contributed by atoms with Crippen LogP contribution in [0.15, 0.2) is 0 Å². The van der Waals surface area contributed by atoms with Gasteiger partial charge >= 0.3 is 0 Å². The molecule has 2 rings (SSSR count). The molecule has 0 amide bonds. The lowest BCUT2D eigenvalue weighted by molar-refractivity contribution is 0.0990. The average molecular weight is 253 g/mol. The lowest BCUT2D eigenvalue weighted by Crippen LogP contribution is -2.49. The summed E-state index contributed by atoms with van der Waals surface area (Å²) < 4.78 is 0. The van der Waals surface area contributed by atoms with E-state index in [1.54, 1.807) is 0 Å². The SMILES string of the molecule is CN1CCCC(C(C)(C)CNC2CCCNC2)C1. The van der Waals surface area contributed by atoms with Gasteiger partial charge in [0.25, 0.3) is 0 Å². The molecule has 2 aliphatic rings. The van der Waals surface area contributed by atoms with Crippen LogP contribution in [0.4, 0.5) is 0 Å². The first-order chi connectivity index (χ1) is 8.58. The first-order valence-electron chi connectivity index (χ1n) is 7.70. The number of piperidine rings is 2. The highest BCUT2D eigenvalue weighted by molar-refractivity contribution is 4.87. The van der Waals surface area contributed by atoms with Crippen LogP contribution in [-0.4, -0.2) is 50.7 Å². The number of likely N-dealkylation sites (tertiary alicyclic amines) is 1. The van der Waals surface area contributed by atoms with Crippen molar-refractivity contribution in [3.8, 4) is 0 Å². The lowest BCUT2D eigenvalue weighted by Gasteiger charge is -2.41. The molecule has 3 nitrogen and oxygen atoms in total. The fraction of sp³-hybridized carbons (Fsp3) is 1.00. The van der Waals surface area contributed by atoms with Crippen LogP contribution < -0.4 is 10.6 Å². The van der Waals surface area contributed by atoms with Crippen LogP contribution in [0.1, 0.15) is 39.5 Å². The first-order valence-corrected chi connectivity index (χ1v) is 7.70. The summed E-state index contributed by atoms with van der Waals surface area (Å²) in [7, 11) is 2.26. The van der Waals surface area contributed by atoms with Gasteiger partial charge < -0.3 is 15.5 Å². The molecule has 2 heterocycles. The largest absolute Gasteiger partial charge is 0.315 e. The number of hydrogen-bond donors (Lipinski definition) is 2. The Hall–Kier alpha value is -0.120. The van der Waals surface area contributed by atoms with Crippen molar-refractivity contribution in [1.82, 2.24) is 15.5 Å². The topological polar surface area (TPSA) is 27.3 Å². The van der Waals surface area contributed by atoms with Crippen LogP contribution >= 0.6 is 0 Å². The smallest absolute Gasteiger partial charge is 0.0193 e. The molecule has 2 saturated heterocycles. The van der Waals surface area contributed by atoms with E-state index < -0.39 is 0 Å². The Morgan fingerprint density at radius 2 is 2.11 bits per heavy atom. The standard InChI is InChI=1S/C15H31N3/c1-15(2,13-6-5-9-18(3)11-13)12-17-14-7-4-8-16-10-14/h13-14,16-17H,4-12H2,1-3H3. The van der Waals surface area contributed by atoms with E-state index in [4.69, 9.17) is 0 Å². The molecular formula is C15H31N3. The van der Waals surface area contributed by atoms with Crippen molar-refractivity contribution in [2.24, 2.45) is 11.3 Å². The van der Waals surface area contributed by atoms with Crippen LogP contribution in [0, 0.1) is 11.3 Å². The molecule has 2 N–H and O–H groups in total. The minimum Gasteiger partial charge on any atom is -0.315 e. The van der Waals surface area contributed by atoms with Crippen molar-refractivity contribution in [2.75, 3.05) is 39.8 Å². The molecule has 0 bridgehead atoms. The zero-order valence-corrected chi connectivity index (χ0v) is 12.5. The predicted octanol–water partition coefficient (Wildman–Crippen LogP) is 1.70. The van der Waals surface area contributed by atoms with Crippen LogP contribution in [0.5, 0.6) is 0 Å². The Bertz CT molecular complexity index is 246. The third kappa shape index (κ3) is 3.94. The minimum absolute atomic E-state index is 0.423. The monoisotopic (exact) mass is 253 g/mol. The van der Waals surface area contributed by atoms with Gasteiger partial charge in [-0.1, -0.05) is 13.8 Å². The van der Waals surface area contributed by atoms with E-state index >= 15 is 0 Å². The van der Waals surface area contributed by atoms with Gasteiger partial charge in [0, 0.05) is 25.7 Å². The van der Waals surface area contributed by atoms with E-state index in [9.17, 15) is 0 Å². The van der Waals surface area contributed by atoms with Gasteiger partial charge in [0.05, 0.1) is 0 Å². The van der Waals surface area contributed by atoms with Gasteiger partial charge in [0.15, 0.2) is 0 Å². The third-order valence-corrected chi connectivity index (χ3v) is 4.87. The fourth-order valence-corrected chi connectivity index (χ4v) is 3.38. The van der Waals surface area contributed by atoms with Gasteiger partial charge in [-0.25, -0.2) is 0 Å². The molecule has 0 aromatic heterocycles. The van der Waals surface area contributed by atoms with E-state index in [-0.39, 0.29) is 0 Å². The van der Waals surface area contributed by atoms with Gasteiger partial charge in [0.2, 0.25) is 0 Å². The van der Waals surface area contributed by atoms with E-state index in [2.05, 4.69) is 36.4 Å². The predicted molar refractivity (Wildman–Crippen MR) is 77.9 cm³/mol. The van der Waals surface area contributed by atoms with Crippen molar-refractivity contribution in [1.29, 1.82) is 0 Å². The van der Waals surface area contributed by atoms with Crippen LogP contribution in [0.25, 0.3) is 0 Å². The molecule has 2 atom stereocenters. The quantitative estimate of drug-likeness (QED) is 0.798. The van der Waals surface area contributed by atoms with E-state index in [0.29, 0.717) is 11.5 Å².